The summed E-state index contributed by atoms with van der Waals surface area (Å²) in [6.45, 7) is 3.38. The van der Waals surface area contributed by atoms with Crippen LogP contribution in [-0.4, -0.2) is 35.0 Å². The smallest absolute Gasteiger partial charge is 0.263 e. The molecule has 0 aliphatic carbocycles. The molecule has 1 aliphatic heterocycles. The van der Waals surface area contributed by atoms with E-state index < -0.39 is 6.10 Å². The standard InChI is InChI=1S/C23H22ClFN2O2/c1-15(23(28)27-11-3-2-4-12-27)29-17-6-8-20-18(9-10-26-22(20)14-17)19-7-5-16(25)13-21(19)24/h5-10,13-15H,2-4,11-12H2,1H3. The van der Waals surface area contributed by atoms with Crippen LogP contribution in [0.2, 0.25) is 5.02 Å². The third-order valence-electron chi connectivity index (χ3n) is 5.26. The summed E-state index contributed by atoms with van der Waals surface area (Å²) in [4.78, 5) is 18.9. The zero-order chi connectivity index (χ0) is 20.4. The van der Waals surface area contributed by atoms with E-state index in [1.807, 2.05) is 29.2 Å². The first-order valence-corrected chi connectivity index (χ1v) is 10.2. The van der Waals surface area contributed by atoms with Crippen LogP contribution in [0.15, 0.2) is 48.7 Å². The minimum Gasteiger partial charge on any atom is -0.481 e. The Morgan fingerprint density at radius 2 is 1.90 bits per heavy atom. The summed E-state index contributed by atoms with van der Waals surface area (Å²) < 4.78 is 19.3. The van der Waals surface area contributed by atoms with Crippen LogP contribution in [0.5, 0.6) is 5.75 Å². The number of nitrogens with zero attached hydrogens (tertiary/aromatic N) is 2. The van der Waals surface area contributed by atoms with Crippen molar-refractivity contribution in [1.82, 2.24) is 9.88 Å². The van der Waals surface area contributed by atoms with Gasteiger partial charge >= 0.3 is 0 Å². The molecule has 3 aromatic rings. The summed E-state index contributed by atoms with van der Waals surface area (Å²) >= 11 is 6.25. The topological polar surface area (TPSA) is 42.4 Å². The first kappa shape index (κ1) is 19.6. The van der Waals surface area contributed by atoms with E-state index in [-0.39, 0.29) is 11.7 Å². The van der Waals surface area contributed by atoms with Gasteiger partial charge in [0, 0.05) is 36.3 Å². The molecule has 1 atom stereocenters. The van der Waals surface area contributed by atoms with Crippen LogP contribution < -0.4 is 4.74 Å². The summed E-state index contributed by atoms with van der Waals surface area (Å²) in [6.07, 6.45) is 4.40. The maximum atomic E-state index is 13.4. The van der Waals surface area contributed by atoms with Gasteiger partial charge in [-0.3, -0.25) is 9.78 Å². The van der Waals surface area contributed by atoms with Crippen molar-refractivity contribution in [2.45, 2.75) is 32.3 Å². The largest absolute Gasteiger partial charge is 0.481 e. The molecule has 0 spiro atoms. The highest BCUT2D eigenvalue weighted by molar-refractivity contribution is 6.33. The van der Waals surface area contributed by atoms with Crippen molar-refractivity contribution in [1.29, 1.82) is 0 Å². The van der Waals surface area contributed by atoms with Gasteiger partial charge in [-0.05, 0) is 68.1 Å². The van der Waals surface area contributed by atoms with E-state index >= 15 is 0 Å². The molecule has 2 aromatic carbocycles. The Labute approximate surface area is 174 Å². The highest BCUT2D eigenvalue weighted by Crippen LogP contribution is 2.34. The molecule has 1 fully saturated rings. The Morgan fingerprint density at radius 1 is 1.10 bits per heavy atom. The second kappa shape index (κ2) is 8.37. The molecule has 6 heteroatoms. The number of amides is 1. The van der Waals surface area contributed by atoms with Crippen LogP contribution in [-0.2, 0) is 4.79 Å². The van der Waals surface area contributed by atoms with Crippen molar-refractivity contribution in [3.8, 4) is 16.9 Å². The van der Waals surface area contributed by atoms with Gasteiger partial charge in [-0.15, -0.1) is 0 Å². The van der Waals surface area contributed by atoms with Crippen molar-refractivity contribution in [2.75, 3.05) is 13.1 Å². The molecule has 0 bridgehead atoms. The highest BCUT2D eigenvalue weighted by Gasteiger charge is 2.23. The van der Waals surface area contributed by atoms with Gasteiger partial charge in [0.2, 0.25) is 0 Å². The third kappa shape index (κ3) is 4.20. The number of rotatable bonds is 4. The molecular weight excluding hydrogens is 391 g/mol. The van der Waals surface area contributed by atoms with E-state index in [2.05, 4.69) is 4.98 Å². The number of ether oxygens (including phenoxy) is 1. The molecule has 1 aromatic heterocycles. The van der Waals surface area contributed by atoms with Crippen LogP contribution in [0.25, 0.3) is 22.0 Å². The fourth-order valence-corrected chi connectivity index (χ4v) is 4.04. The summed E-state index contributed by atoms with van der Waals surface area (Å²) in [6, 6.07) is 11.7. The van der Waals surface area contributed by atoms with Gasteiger partial charge in [0.05, 0.1) is 10.5 Å². The zero-order valence-electron chi connectivity index (χ0n) is 16.2. The average Bonchev–Trinajstić information content (AvgIpc) is 2.73. The van der Waals surface area contributed by atoms with Crippen molar-refractivity contribution in [2.24, 2.45) is 0 Å². The van der Waals surface area contributed by atoms with Crippen LogP contribution in [0, 0.1) is 5.82 Å². The maximum absolute atomic E-state index is 13.4. The van der Waals surface area contributed by atoms with Gasteiger partial charge in [0.15, 0.2) is 6.10 Å². The summed E-state index contributed by atoms with van der Waals surface area (Å²) in [5, 5.41) is 1.22. The third-order valence-corrected chi connectivity index (χ3v) is 5.58. The molecule has 0 saturated carbocycles. The van der Waals surface area contributed by atoms with Crippen LogP contribution >= 0.6 is 11.6 Å². The predicted molar refractivity (Wildman–Crippen MR) is 113 cm³/mol. The zero-order valence-corrected chi connectivity index (χ0v) is 17.0. The van der Waals surface area contributed by atoms with Gasteiger partial charge in [0.25, 0.3) is 5.91 Å². The molecule has 1 aliphatic rings. The predicted octanol–water partition coefficient (Wildman–Crippen LogP) is 5.47. The summed E-state index contributed by atoms with van der Waals surface area (Å²) in [5.41, 5.74) is 2.32. The van der Waals surface area contributed by atoms with E-state index in [1.165, 1.54) is 18.6 Å². The highest BCUT2D eigenvalue weighted by atomic mass is 35.5. The lowest BCUT2D eigenvalue weighted by Gasteiger charge is -2.29. The van der Waals surface area contributed by atoms with Gasteiger partial charge in [-0.25, -0.2) is 4.39 Å². The molecule has 4 rings (SSSR count). The maximum Gasteiger partial charge on any atom is 0.263 e. The Morgan fingerprint density at radius 3 is 2.66 bits per heavy atom. The second-order valence-corrected chi connectivity index (χ2v) is 7.71. The summed E-state index contributed by atoms with van der Waals surface area (Å²) in [7, 11) is 0. The fraction of sp³-hybridized carbons (Fsp3) is 0.304. The Balaban J connectivity index is 1.59. The summed E-state index contributed by atoms with van der Waals surface area (Å²) in [5.74, 6) is 0.231. The Hall–Kier alpha value is -2.66. The molecule has 150 valence electrons. The molecule has 2 heterocycles. The molecule has 0 radical (unpaired) electrons. The van der Waals surface area contributed by atoms with Crippen molar-refractivity contribution >= 4 is 28.4 Å². The van der Waals surface area contributed by atoms with Crippen molar-refractivity contribution < 1.29 is 13.9 Å². The lowest BCUT2D eigenvalue weighted by Crippen LogP contribution is -2.43. The molecule has 0 N–H and O–H groups in total. The number of piperidine rings is 1. The second-order valence-electron chi connectivity index (χ2n) is 7.31. The number of likely N-dealkylation sites (tertiary alicyclic amines) is 1. The van der Waals surface area contributed by atoms with Crippen molar-refractivity contribution in [3.63, 3.8) is 0 Å². The van der Waals surface area contributed by atoms with Crippen LogP contribution in [0.1, 0.15) is 26.2 Å². The number of fused-ring (bicyclic) bond motifs is 1. The van der Waals surface area contributed by atoms with Gasteiger partial charge in [-0.2, -0.15) is 0 Å². The van der Waals surface area contributed by atoms with Crippen molar-refractivity contribution in [3.05, 3.63) is 59.5 Å². The number of hydrogen-bond donors (Lipinski definition) is 0. The van der Waals surface area contributed by atoms with E-state index in [0.29, 0.717) is 10.8 Å². The fourth-order valence-electron chi connectivity index (χ4n) is 3.77. The van der Waals surface area contributed by atoms with E-state index in [9.17, 15) is 9.18 Å². The minimum absolute atomic E-state index is 0.0181. The molecule has 29 heavy (non-hydrogen) atoms. The average molecular weight is 413 g/mol. The number of carbonyl (C=O) groups is 1. The molecular formula is C23H22ClFN2O2. The number of aromatic nitrogens is 1. The molecule has 1 amide bonds. The van der Waals surface area contributed by atoms with E-state index in [0.717, 1.165) is 48.0 Å². The van der Waals surface area contributed by atoms with Gasteiger partial charge in [-0.1, -0.05) is 11.6 Å². The van der Waals surface area contributed by atoms with Crippen LogP contribution in [0.4, 0.5) is 4.39 Å². The Kier molecular flexibility index (Phi) is 5.67. The number of halogens is 2. The lowest BCUT2D eigenvalue weighted by molar-refractivity contribution is -0.138. The van der Waals surface area contributed by atoms with Crippen LogP contribution in [0.3, 0.4) is 0 Å². The van der Waals surface area contributed by atoms with Gasteiger partial charge < -0.3 is 9.64 Å². The molecule has 1 unspecified atom stereocenters. The van der Waals surface area contributed by atoms with Gasteiger partial charge in [0.1, 0.15) is 11.6 Å². The number of pyridine rings is 1. The first-order chi connectivity index (χ1) is 14.0. The van der Waals surface area contributed by atoms with E-state index in [1.54, 1.807) is 19.2 Å². The number of benzene rings is 2. The first-order valence-electron chi connectivity index (χ1n) is 9.82. The minimum atomic E-state index is -0.555. The Bertz CT molecular complexity index is 1050. The SMILES string of the molecule is CC(Oc1ccc2c(-c3ccc(F)cc3Cl)ccnc2c1)C(=O)N1CCCCC1. The normalized spacial score (nSPS) is 15.3. The number of hydrogen-bond acceptors (Lipinski definition) is 3. The number of carbonyl (C=O) groups excluding carboxylic acids is 1. The molecule has 4 nitrogen and oxygen atoms in total. The van der Waals surface area contributed by atoms with E-state index in [4.69, 9.17) is 16.3 Å². The monoisotopic (exact) mass is 412 g/mol. The quantitative estimate of drug-likeness (QED) is 0.570. The lowest BCUT2D eigenvalue weighted by atomic mass is 10.0. The molecule has 1 saturated heterocycles.